The van der Waals surface area contributed by atoms with E-state index in [1.165, 1.54) is 47.3 Å². The molecule has 1 saturated heterocycles. The Labute approximate surface area is 200 Å². The predicted molar refractivity (Wildman–Crippen MR) is 118 cm³/mol. The summed E-state index contributed by atoms with van der Waals surface area (Å²) in [6.07, 6.45) is -1.73. The first kappa shape index (κ1) is 24.4. The molecule has 3 aromatic rings. The average Bonchev–Trinajstić information content (AvgIpc) is 3.44. The Hall–Kier alpha value is -2.76. The van der Waals surface area contributed by atoms with Gasteiger partial charge in [0.25, 0.3) is 0 Å². The highest BCUT2D eigenvalue weighted by molar-refractivity contribution is 7.82. The molecule has 6 nitrogen and oxygen atoms in total. The molecule has 1 aliphatic heterocycles. The number of nitrogens with zero attached hydrogens (tertiary/aromatic N) is 3. The van der Waals surface area contributed by atoms with Crippen molar-refractivity contribution < 1.29 is 26.6 Å². The lowest BCUT2D eigenvalue weighted by Crippen LogP contribution is -2.43. The number of carbonyl (C=O) groups excluding carboxylic acids is 1. The van der Waals surface area contributed by atoms with E-state index in [2.05, 4.69) is 10.4 Å². The number of carbonyl (C=O) groups is 1. The second kappa shape index (κ2) is 9.85. The molecular weight excluding hydrogens is 496 g/mol. The third-order valence-corrected chi connectivity index (χ3v) is 7.24. The Balaban J connectivity index is 1.41. The fourth-order valence-corrected chi connectivity index (χ4v) is 5.19. The number of halogens is 5. The zero-order valence-electron chi connectivity index (χ0n) is 17.6. The number of rotatable bonds is 6. The number of alkyl halides is 3. The summed E-state index contributed by atoms with van der Waals surface area (Å²) in [5.74, 6) is -0.781. The van der Waals surface area contributed by atoms with Gasteiger partial charge in [-0.15, -0.1) is 0 Å². The highest BCUT2D eigenvalue weighted by Gasteiger charge is 2.35. The molecule has 1 fully saturated rings. The van der Waals surface area contributed by atoms with Crippen LogP contribution in [0.25, 0.3) is 5.69 Å². The van der Waals surface area contributed by atoms with Gasteiger partial charge in [-0.2, -0.15) is 18.3 Å². The maximum absolute atomic E-state index is 13.2. The molecule has 0 saturated carbocycles. The van der Waals surface area contributed by atoms with Crippen molar-refractivity contribution >= 4 is 28.5 Å². The number of amides is 1. The van der Waals surface area contributed by atoms with Crippen LogP contribution in [0.5, 0.6) is 0 Å². The fourth-order valence-electron chi connectivity index (χ4n) is 3.63. The van der Waals surface area contributed by atoms with Gasteiger partial charge in [-0.1, -0.05) is 11.6 Å². The Bertz CT molecular complexity index is 1200. The van der Waals surface area contributed by atoms with Gasteiger partial charge >= 0.3 is 6.18 Å². The summed E-state index contributed by atoms with van der Waals surface area (Å²) >= 11 is 6.16. The van der Waals surface area contributed by atoms with Crippen LogP contribution in [0, 0.1) is 5.82 Å². The predicted octanol–water partition coefficient (Wildman–Crippen LogP) is 4.49. The minimum atomic E-state index is -4.44. The van der Waals surface area contributed by atoms with Gasteiger partial charge in [0.05, 0.1) is 16.1 Å². The van der Waals surface area contributed by atoms with Crippen LogP contribution in [0.4, 0.5) is 17.6 Å². The number of benzene rings is 2. The molecule has 1 N–H and O–H groups in total. The van der Waals surface area contributed by atoms with Crippen LogP contribution >= 0.6 is 11.6 Å². The maximum atomic E-state index is 13.2. The Morgan fingerprint density at radius 1 is 1.15 bits per heavy atom. The van der Waals surface area contributed by atoms with Crippen LogP contribution < -0.4 is 5.32 Å². The maximum Gasteiger partial charge on any atom is 0.416 e. The normalized spacial score (nSPS) is 17.6. The van der Waals surface area contributed by atoms with E-state index in [-0.39, 0.29) is 17.6 Å². The molecule has 1 amide bonds. The van der Waals surface area contributed by atoms with Gasteiger partial charge in [0.1, 0.15) is 22.8 Å². The zero-order valence-corrected chi connectivity index (χ0v) is 19.1. The van der Waals surface area contributed by atoms with E-state index in [0.717, 1.165) is 12.1 Å². The van der Waals surface area contributed by atoms with Gasteiger partial charge in [-0.3, -0.25) is 4.79 Å². The summed E-state index contributed by atoms with van der Waals surface area (Å²) in [6, 6.07) is 9.09. The molecule has 0 spiro atoms. The molecule has 4 rings (SSSR count). The minimum Gasteiger partial charge on any atom is -0.350 e. The second-order valence-electron chi connectivity index (χ2n) is 7.65. The monoisotopic (exact) mass is 514 g/mol. The molecule has 0 aliphatic carbocycles. The van der Waals surface area contributed by atoms with Crippen molar-refractivity contribution in [2.45, 2.75) is 36.5 Å². The van der Waals surface area contributed by atoms with Crippen molar-refractivity contribution in [2.75, 3.05) is 6.54 Å². The molecule has 2 unspecified atom stereocenters. The summed E-state index contributed by atoms with van der Waals surface area (Å²) in [4.78, 5) is 13.2. The van der Waals surface area contributed by atoms with Crippen molar-refractivity contribution in [1.29, 1.82) is 0 Å². The number of hydrogen-bond donors (Lipinski definition) is 1. The van der Waals surface area contributed by atoms with E-state index in [1.807, 2.05) is 0 Å². The van der Waals surface area contributed by atoms with Crippen molar-refractivity contribution in [3.05, 3.63) is 76.8 Å². The van der Waals surface area contributed by atoms with Crippen LogP contribution in [-0.4, -0.2) is 36.8 Å². The van der Waals surface area contributed by atoms with Gasteiger partial charge in [-0.05, 0) is 61.4 Å². The number of nitrogens with one attached hydrogen (secondary N) is 1. The van der Waals surface area contributed by atoms with Crippen LogP contribution in [0.15, 0.2) is 59.6 Å². The summed E-state index contributed by atoms with van der Waals surface area (Å²) in [5.41, 5.74) is 0.0735. The van der Waals surface area contributed by atoms with Crippen LogP contribution in [0.2, 0.25) is 5.15 Å². The first-order valence-corrected chi connectivity index (χ1v) is 11.8. The highest BCUT2D eigenvalue weighted by Crippen LogP contribution is 2.30. The van der Waals surface area contributed by atoms with Gasteiger partial charge in [0.15, 0.2) is 5.15 Å². The van der Waals surface area contributed by atoms with Gasteiger partial charge < -0.3 is 5.32 Å². The zero-order chi connectivity index (χ0) is 24.5. The molecule has 180 valence electrons. The summed E-state index contributed by atoms with van der Waals surface area (Å²) in [6.45, 7) is 0.487. The van der Waals surface area contributed by atoms with Crippen LogP contribution in [0.1, 0.15) is 24.0 Å². The van der Waals surface area contributed by atoms with E-state index in [9.17, 15) is 26.6 Å². The Morgan fingerprint density at radius 2 is 1.82 bits per heavy atom. The van der Waals surface area contributed by atoms with Gasteiger partial charge in [-0.25, -0.2) is 17.6 Å². The van der Waals surface area contributed by atoms with E-state index >= 15 is 0 Å². The van der Waals surface area contributed by atoms with E-state index < -0.39 is 34.6 Å². The summed E-state index contributed by atoms with van der Waals surface area (Å²) in [5, 5.41) is 6.95. The van der Waals surface area contributed by atoms with Gasteiger partial charge in [0.2, 0.25) is 5.91 Å². The van der Waals surface area contributed by atoms with Crippen molar-refractivity contribution in [3.63, 3.8) is 0 Å². The van der Waals surface area contributed by atoms with Crippen LogP contribution in [-0.2, 0) is 28.5 Å². The topological polar surface area (TPSA) is 67.2 Å². The van der Waals surface area contributed by atoms with Gasteiger partial charge in [0, 0.05) is 24.8 Å². The van der Waals surface area contributed by atoms with E-state index in [1.54, 1.807) is 4.31 Å². The molecule has 0 bridgehead atoms. The van der Waals surface area contributed by atoms with E-state index in [0.29, 0.717) is 35.5 Å². The first-order valence-electron chi connectivity index (χ1n) is 10.3. The molecule has 1 aliphatic rings. The lowest BCUT2D eigenvalue weighted by Gasteiger charge is -2.22. The molecule has 2 atom stereocenters. The largest absolute Gasteiger partial charge is 0.416 e. The standard InChI is InChI=1S/C22H19ClF4N4O2S/c23-20-14(13-30(29-20)17-7-3-15(4-8-17)22(25,26)27)12-28-21(32)19-2-1-11-31(19)34(33)18-9-5-16(24)6-10-18/h3-10,13,19H,1-2,11-12H2,(H,28,32). The highest BCUT2D eigenvalue weighted by atomic mass is 35.5. The van der Waals surface area contributed by atoms with Crippen molar-refractivity contribution in [2.24, 2.45) is 0 Å². The lowest BCUT2D eigenvalue weighted by molar-refractivity contribution is -0.137. The third kappa shape index (κ3) is 5.31. The molecule has 1 aromatic heterocycles. The second-order valence-corrected chi connectivity index (χ2v) is 9.45. The lowest BCUT2D eigenvalue weighted by atomic mass is 10.2. The molecule has 0 radical (unpaired) electrons. The average molecular weight is 515 g/mol. The Morgan fingerprint density at radius 3 is 2.47 bits per heavy atom. The molecule has 12 heteroatoms. The smallest absolute Gasteiger partial charge is 0.350 e. The SMILES string of the molecule is O=C(NCc1cn(-c2ccc(C(F)(F)F)cc2)nc1Cl)C1CCCN1S(=O)c1ccc(F)cc1. The van der Waals surface area contributed by atoms with Crippen molar-refractivity contribution in [3.8, 4) is 5.69 Å². The summed E-state index contributed by atoms with van der Waals surface area (Å²) in [7, 11) is -1.62. The first-order chi connectivity index (χ1) is 16.1. The molecule has 34 heavy (non-hydrogen) atoms. The Kier molecular flexibility index (Phi) is 7.06. The molecule has 2 heterocycles. The molecular formula is C22H19ClF4N4O2S. The summed E-state index contributed by atoms with van der Waals surface area (Å²) < 4.78 is 67.2. The minimum absolute atomic E-state index is 0.0336. The number of hydrogen-bond acceptors (Lipinski definition) is 3. The fraction of sp³-hybridized carbons (Fsp3) is 0.273. The molecule has 2 aromatic carbocycles. The van der Waals surface area contributed by atoms with E-state index in [4.69, 9.17) is 11.6 Å². The third-order valence-electron chi connectivity index (χ3n) is 5.39. The van der Waals surface area contributed by atoms with Crippen molar-refractivity contribution in [1.82, 2.24) is 19.4 Å². The quantitative estimate of drug-likeness (QED) is 0.493. The van der Waals surface area contributed by atoms with Crippen LogP contribution in [0.3, 0.4) is 0 Å². The number of aromatic nitrogens is 2.